The molecule has 4 heteroatoms. The van der Waals surface area contributed by atoms with Gasteiger partial charge in [0.05, 0.1) is 10.6 Å². The molecule has 3 nitrogen and oxygen atoms in total. The first kappa shape index (κ1) is 13.5. The van der Waals surface area contributed by atoms with Gasteiger partial charge in [-0.25, -0.2) is 4.98 Å². The van der Waals surface area contributed by atoms with Crippen molar-refractivity contribution in [3.05, 3.63) is 10.6 Å². The molecule has 0 atom stereocenters. The number of aryl methyl sites for hydroxylation is 1. The van der Waals surface area contributed by atoms with Crippen LogP contribution in [-0.2, 0) is 6.42 Å². The van der Waals surface area contributed by atoms with E-state index in [4.69, 9.17) is 4.98 Å². The van der Waals surface area contributed by atoms with Gasteiger partial charge in [0.15, 0.2) is 11.4 Å². The van der Waals surface area contributed by atoms with Crippen molar-refractivity contribution >= 4 is 22.8 Å². The molecule has 0 saturated heterocycles. The van der Waals surface area contributed by atoms with E-state index in [1.807, 2.05) is 0 Å². The fourth-order valence-corrected chi connectivity index (χ4v) is 3.15. The molecule has 0 radical (unpaired) electrons. The molecule has 0 bridgehead atoms. The van der Waals surface area contributed by atoms with Crippen molar-refractivity contribution in [3.63, 3.8) is 0 Å². The van der Waals surface area contributed by atoms with Gasteiger partial charge in [-0.15, -0.1) is 0 Å². The standard InChI is InChI=1S/C14H22N2OS/c1-4-5-12-13(9-17)18-14(15-12)16(8-10(2)3)11-6-7-11/h9-11H,4-8H2,1-3H3. The molecule has 0 N–H and O–H groups in total. The minimum absolute atomic E-state index is 0.629. The molecule has 18 heavy (non-hydrogen) atoms. The minimum Gasteiger partial charge on any atom is -0.345 e. The third-order valence-electron chi connectivity index (χ3n) is 3.11. The zero-order valence-electron chi connectivity index (χ0n) is 11.5. The number of hydrogen-bond donors (Lipinski definition) is 0. The number of aldehydes is 1. The molecule has 0 spiro atoms. The molecule has 0 aromatic carbocycles. The Morgan fingerprint density at radius 1 is 1.50 bits per heavy atom. The van der Waals surface area contributed by atoms with Crippen molar-refractivity contribution in [3.8, 4) is 0 Å². The molecule has 1 aliphatic rings. The van der Waals surface area contributed by atoms with Crippen LogP contribution in [0.3, 0.4) is 0 Å². The molecule has 1 aromatic heterocycles. The molecule has 1 aromatic rings. The SMILES string of the molecule is CCCc1nc(N(CC(C)C)C2CC2)sc1C=O. The third kappa shape index (κ3) is 3.10. The largest absolute Gasteiger partial charge is 0.345 e. The van der Waals surface area contributed by atoms with Gasteiger partial charge in [-0.05, 0) is 25.2 Å². The summed E-state index contributed by atoms with van der Waals surface area (Å²) in [5.41, 5.74) is 0.988. The van der Waals surface area contributed by atoms with Gasteiger partial charge in [0, 0.05) is 12.6 Å². The third-order valence-corrected chi connectivity index (χ3v) is 4.17. The van der Waals surface area contributed by atoms with Crippen LogP contribution in [0.4, 0.5) is 5.13 Å². The molecule has 2 rings (SSSR count). The van der Waals surface area contributed by atoms with Gasteiger partial charge in [-0.2, -0.15) is 0 Å². The van der Waals surface area contributed by atoms with Crippen LogP contribution in [-0.4, -0.2) is 23.9 Å². The summed E-state index contributed by atoms with van der Waals surface area (Å²) in [4.78, 5) is 19.0. The first-order valence-electron chi connectivity index (χ1n) is 6.87. The van der Waals surface area contributed by atoms with Crippen molar-refractivity contribution in [2.45, 2.75) is 52.5 Å². The molecule has 0 amide bonds. The molecule has 0 aliphatic heterocycles. The van der Waals surface area contributed by atoms with Gasteiger partial charge in [0.1, 0.15) is 0 Å². The van der Waals surface area contributed by atoms with Gasteiger partial charge in [-0.1, -0.05) is 38.5 Å². The zero-order chi connectivity index (χ0) is 13.1. The van der Waals surface area contributed by atoms with E-state index in [9.17, 15) is 4.79 Å². The minimum atomic E-state index is 0.629. The molecule has 100 valence electrons. The Morgan fingerprint density at radius 3 is 2.72 bits per heavy atom. The van der Waals surface area contributed by atoms with Gasteiger partial charge in [0.2, 0.25) is 0 Å². The molecular weight excluding hydrogens is 244 g/mol. The Kier molecular flexibility index (Phi) is 4.38. The van der Waals surface area contributed by atoms with E-state index in [-0.39, 0.29) is 0 Å². The van der Waals surface area contributed by atoms with Crippen LogP contribution in [0.1, 0.15) is 55.4 Å². The average Bonchev–Trinajstić information content (AvgIpc) is 3.08. The fraction of sp³-hybridized carbons (Fsp3) is 0.714. The highest BCUT2D eigenvalue weighted by molar-refractivity contribution is 7.17. The fourth-order valence-electron chi connectivity index (χ4n) is 2.14. The van der Waals surface area contributed by atoms with Crippen LogP contribution in [0.15, 0.2) is 0 Å². The first-order valence-corrected chi connectivity index (χ1v) is 7.68. The number of anilines is 1. The van der Waals surface area contributed by atoms with Crippen LogP contribution in [0.2, 0.25) is 0 Å². The maximum Gasteiger partial charge on any atom is 0.186 e. The lowest BCUT2D eigenvalue weighted by Crippen LogP contribution is -2.29. The monoisotopic (exact) mass is 266 g/mol. The summed E-state index contributed by atoms with van der Waals surface area (Å²) in [6.07, 6.45) is 5.45. The number of rotatable bonds is 7. The Hall–Kier alpha value is -0.900. The maximum atomic E-state index is 11.1. The van der Waals surface area contributed by atoms with Gasteiger partial charge < -0.3 is 4.90 Å². The Labute approximate surface area is 113 Å². The summed E-state index contributed by atoms with van der Waals surface area (Å²) in [5.74, 6) is 0.629. The highest BCUT2D eigenvalue weighted by atomic mass is 32.1. The summed E-state index contributed by atoms with van der Waals surface area (Å²) in [6, 6.07) is 0.660. The number of carbonyl (C=O) groups is 1. The van der Waals surface area contributed by atoms with Crippen molar-refractivity contribution in [1.82, 2.24) is 4.98 Å². The molecule has 1 aliphatic carbocycles. The van der Waals surface area contributed by atoms with Crippen LogP contribution in [0, 0.1) is 5.92 Å². The summed E-state index contributed by atoms with van der Waals surface area (Å²) in [7, 11) is 0. The highest BCUT2D eigenvalue weighted by Gasteiger charge is 2.31. The summed E-state index contributed by atoms with van der Waals surface area (Å²) in [5, 5.41) is 1.05. The van der Waals surface area contributed by atoms with Crippen LogP contribution >= 0.6 is 11.3 Å². The second-order valence-corrected chi connectivity index (χ2v) is 6.46. The number of carbonyl (C=O) groups excluding carboxylic acids is 1. The second kappa shape index (κ2) is 5.83. The van der Waals surface area contributed by atoms with Gasteiger partial charge in [0.25, 0.3) is 0 Å². The predicted molar refractivity (Wildman–Crippen MR) is 76.7 cm³/mol. The molecule has 1 saturated carbocycles. The molecular formula is C14H22N2OS. The van der Waals surface area contributed by atoms with E-state index in [1.165, 1.54) is 12.8 Å². The molecule has 0 unspecified atom stereocenters. The van der Waals surface area contributed by atoms with Crippen LogP contribution in [0.25, 0.3) is 0 Å². The van der Waals surface area contributed by atoms with Crippen molar-refractivity contribution in [1.29, 1.82) is 0 Å². The van der Waals surface area contributed by atoms with Gasteiger partial charge >= 0.3 is 0 Å². The van der Waals surface area contributed by atoms with E-state index >= 15 is 0 Å². The normalized spacial score (nSPS) is 15.1. The Morgan fingerprint density at radius 2 is 2.22 bits per heavy atom. The molecule has 1 fully saturated rings. The Bertz CT molecular complexity index is 410. The smallest absolute Gasteiger partial charge is 0.186 e. The quantitative estimate of drug-likeness (QED) is 0.708. The lowest BCUT2D eigenvalue weighted by molar-refractivity contribution is 0.112. The van der Waals surface area contributed by atoms with Crippen LogP contribution in [0.5, 0.6) is 0 Å². The lowest BCUT2D eigenvalue weighted by atomic mass is 10.2. The predicted octanol–water partition coefficient (Wildman–Crippen LogP) is 3.53. The van der Waals surface area contributed by atoms with E-state index in [0.29, 0.717) is 12.0 Å². The van der Waals surface area contributed by atoms with E-state index in [1.54, 1.807) is 11.3 Å². The lowest BCUT2D eigenvalue weighted by Gasteiger charge is -2.23. The molecule has 1 heterocycles. The zero-order valence-corrected chi connectivity index (χ0v) is 12.3. The topological polar surface area (TPSA) is 33.2 Å². The summed E-state index contributed by atoms with van der Waals surface area (Å²) >= 11 is 1.56. The first-order chi connectivity index (χ1) is 8.65. The average molecular weight is 266 g/mol. The number of thiazole rings is 1. The van der Waals surface area contributed by atoms with Crippen molar-refractivity contribution in [2.75, 3.05) is 11.4 Å². The van der Waals surface area contributed by atoms with E-state index < -0.39 is 0 Å². The number of nitrogens with zero attached hydrogens (tertiary/aromatic N) is 2. The Balaban J connectivity index is 2.21. The second-order valence-electron chi connectivity index (χ2n) is 5.45. The van der Waals surface area contributed by atoms with Crippen LogP contribution < -0.4 is 4.90 Å². The maximum absolute atomic E-state index is 11.1. The summed E-state index contributed by atoms with van der Waals surface area (Å²) < 4.78 is 0. The van der Waals surface area contributed by atoms with Crippen molar-refractivity contribution < 1.29 is 4.79 Å². The highest BCUT2D eigenvalue weighted by Crippen LogP contribution is 2.35. The number of aromatic nitrogens is 1. The summed E-state index contributed by atoms with van der Waals surface area (Å²) in [6.45, 7) is 7.63. The van der Waals surface area contributed by atoms with E-state index in [0.717, 1.165) is 41.4 Å². The van der Waals surface area contributed by atoms with Gasteiger partial charge in [-0.3, -0.25) is 4.79 Å². The van der Waals surface area contributed by atoms with E-state index in [2.05, 4.69) is 25.7 Å². The van der Waals surface area contributed by atoms with Crippen molar-refractivity contribution in [2.24, 2.45) is 5.92 Å². The number of hydrogen-bond acceptors (Lipinski definition) is 4.